The predicted octanol–water partition coefficient (Wildman–Crippen LogP) is 1.94. The first-order valence-corrected chi connectivity index (χ1v) is 7.86. The van der Waals surface area contributed by atoms with Crippen LogP contribution in [0, 0.1) is 6.92 Å². The highest BCUT2D eigenvalue weighted by molar-refractivity contribution is 5.91. The van der Waals surface area contributed by atoms with Gasteiger partial charge in [-0.05, 0) is 12.5 Å². The number of benzene rings is 1. The summed E-state index contributed by atoms with van der Waals surface area (Å²) >= 11 is 0. The second-order valence-corrected chi connectivity index (χ2v) is 6.22. The summed E-state index contributed by atoms with van der Waals surface area (Å²) in [4.78, 5) is 14.4. The third-order valence-corrected chi connectivity index (χ3v) is 4.31. The van der Waals surface area contributed by atoms with Gasteiger partial charge in [0.15, 0.2) is 0 Å². The SMILES string of the molecule is Cc1cc(NC(=O)CN2C[C@@H](N)[C@H](c3ccccc3)C2)n(C)n1.Cl.Cl. The largest absolute Gasteiger partial charge is 0.326 e. The molecule has 0 radical (unpaired) electrons. The molecule has 8 heteroatoms. The molecule has 2 aromatic rings. The van der Waals surface area contributed by atoms with E-state index in [0.29, 0.717) is 6.54 Å². The molecule has 1 fully saturated rings. The van der Waals surface area contributed by atoms with E-state index in [4.69, 9.17) is 5.73 Å². The molecule has 0 saturated carbocycles. The van der Waals surface area contributed by atoms with Gasteiger partial charge in [-0.3, -0.25) is 14.4 Å². The van der Waals surface area contributed by atoms with Crippen LogP contribution in [0.3, 0.4) is 0 Å². The second-order valence-electron chi connectivity index (χ2n) is 6.22. The number of nitrogens with one attached hydrogen (secondary N) is 1. The Kier molecular flexibility index (Phi) is 7.89. The van der Waals surface area contributed by atoms with Gasteiger partial charge in [0.25, 0.3) is 0 Å². The van der Waals surface area contributed by atoms with Crippen molar-refractivity contribution in [1.29, 1.82) is 0 Å². The number of anilines is 1. The predicted molar refractivity (Wildman–Crippen MR) is 105 cm³/mol. The molecule has 25 heavy (non-hydrogen) atoms. The van der Waals surface area contributed by atoms with Gasteiger partial charge in [0.05, 0.1) is 12.2 Å². The maximum Gasteiger partial charge on any atom is 0.239 e. The molecule has 1 aliphatic heterocycles. The van der Waals surface area contributed by atoms with Gasteiger partial charge in [-0.25, -0.2) is 0 Å². The average molecular weight is 386 g/mol. The lowest BCUT2D eigenvalue weighted by molar-refractivity contribution is -0.117. The van der Waals surface area contributed by atoms with Crippen LogP contribution in [0.4, 0.5) is 5.82 Å². The zero-order valence-corrected chi connectivity index (χ0v) is 16.0. The topological polar surface area (TPSA) is 76.2 Å². The number of likely N-dealkylation sites (tertiary alicyclic amines) is 1. The number of hydrogen-bond acceptors (Lipinski definition) is 4. The lowest BCUT2D eigenvalue weighted by Gasteiger charge is -2.15. The molecule has 1 aromatic heterocycles. The van der Waals surface area contributed by atoms with Gasteiger partial charge in [-0.2, -0.15) is 5.10 Å². The first-order chi connectivity index (χ1) is 11.0. The summed E-state index contributed by atoms with van der Waals surface area (Å²) in [6, 6.07) is 12.2. The van der Waals surface area contributed by atoms with Crippen molar-refractivity contribution in [2.45, 2.75) is 18.9 Å². The molecule has 1 saturated heterocycles. The fourth-order valence-electron chi connectivity index (χ4n) is 3.21. The first kappa shape index (κ1) is 21.4. The van der Waals surface area contributed by atoms with E-state index in [1.807, 2.05) is 38.2 Å². The van der Waals surface area contributed by atoms with Gasteiger partial charge >= 0.3 is 0 Å². The van der Waals surface area contributed by atoms with Crippen molar-refractivity contribution in [2.24, 2.45) is 12.8 Å². The Bertz CT molecular complexity index is 692. The molecule has 2 atom stereocenters. The van der Waals surface area contributed by atoms with Crippen molar-refractivity contribution in [3.8, 4) is 0 Å². The van der Waals surface area contributed by atoms with Crippen LogP contribution < -0.4 is 11.1 Å². The Morgan fingerprint density at radius 2 is 1.96 bits per heavy atom. The number of carbonyl (C=O) groups is 1. The number of amides is 1. The highest BCUT2D eigenvalue weighted by atomic mass is 35.5. The number of rotatable bonds is 4. The van der Waals surface area contributed by atoms with Crippen LogP contribution in [0.15, 0.2) is 36.4 Å². The zero-order chi connectivity index (χ0) is 16.4. The van der Waals surface area contributed by atoms with Crippen LogP contribution in [0.2, 0.25) is 0 Å². The Morgan fingerprint density at radius 1 is 1.28 bits per heavy atom. The molecule has 138 valence electrons. The molecular formula is C17H25Cl2N5O. The van der Waals surface area contributed by atoms with E-state index in [0.717, 1.165) is 24.6 Å². The van der Waals surface area contributed by atoms with E-state index in [1.54, 1.807) is 4.68 Å². The lowest BCUT2D eigenvalue weighted by atomic mass is 9.95. The average Bonchev–Trinajstić information content (AvgIpc) is 3.02. The van der Waals surface area contributed by atoms with Gasteiger partial charge in [0.1, 0.15) is 5.82 Å². The lowest BCUT2D eigenvalue weighted by Crippen LogP contribution is -2.34. The number of nitrogens with zero attached hydrogens (tertiary/aromatic N) is 3. The molecule has 1 aliphatic rings. The molecule has 2 heterocycles. The molecule has 3 N–H and O–H groups in total. The van der Waals surface area contributed by atoms with Crippen molar-refractivity contribution >= 4 is 36.5 Å². The summed E-state index contributed by atoms with van der Waals surface area (Å²) in [6.45, 7) is 3.79. The van der Waals surface area contributed by atoms with Crippen LogP contribution in [0.1, 0.15) is 17.2 Å². The van der Waals surface area contributed by atoms with Crippen molar-refractivity contribution in [1.82, 2.24) is 14.7 Å². The van der Waals surface area contributed by atoms with Gasteiger partial charge in [0.2, 0.25) is 5.91 Å². The third-order valence-electron chi connectivity index (χ3n) is 4.31. The van der Waals surface area contributed by atoms with Crippen LogP contribution >= 0.6 is 24.8 Å². The highest BCUT2D eigenvalue weighted by Gasteiger charge is 2.32. The maximum atomic E-state index is 12.2. The minimum absolute atomic E-state index is 0. The summed E-state index contributed by atoms with van der Waals surface area (Å²) in [6.07, 6.45) is 0. The fourth-order valence-corrected chi connectivity index (χ4v) is 3.21. The van der Waals surface area contributed by atoms with Crippen molar-refractivity contribution in [2.75, 3.05) is 25.0 Å². The Hall–Kier alpha value is -1.60. The monoisotopic (exact) mass is 385 g/mol. The number of nitrogens with two attached hydrogens (primary N) is 1. The van der Waals surface area contributed by atoms with Crippen molar-refractivity contribution in [3.63, 3.8) is 0 Å². The van der Waals surface area contributed by atoms with Crippen molar-refractivity contribution in [3.05, 3.63) is 47.7 Å². The molecule has 0 unspecified atom stereocenters. The first-order valence-electron chi connectivity index (χ1n) is 7.86. The standard InChI is InChI=1S/C17H23N5O.2ClH/c1-12-8-16(21(2)20-12)19-17(23)11-22-9-14(15(18)10-22)13-6-4-3-5-7-13;;/h3-8,14-15H,9-11,18H2,1-2H3,(H,19,23);2*1H/t14-,15+;;/m0../s1. The molecule has 0 spiro atoms. The van der Waals surface area contributed by atoms with E-state index in [9.17, 15) is 4.79 Å². The van der Waals surface area contributed by atoms with Gasteiger partial charge < -0.3 is 11.1 Å². The number of aryl methyl sites for hydroxylation is 2. The highest BCUT2D eigenvalue weighted by Crippen LogP contribution is 2.26. The summed E-state index contributed by atoms with van der Waals surface area (Å²) in [5.74, 6) is 0.965. The minimum atomic E-state index is -0.0334. The molecule has 1 aromatic carbocycles. The number of hydrogen-bond donors (Lipinski definition) is 2. The van der Waals surface area contributed by atoms with Crippen LogP contribution in [0.25, 0.3) is 0 Å². The minimum Gasteiger partial charge on any atom is -0.326 e. The maximum absolute atomic E-state index is 12.2. The van der Waals surface area contributed by atoms with E-state index in [-0.39, 0.29) is 42.7 Å². The third kappa shape index (κ3) is 5.19. The zero-order valence-electron chi connectivity index (χ0n) is 14.4. The van der Waals surface area contributed by atoms with E-state index < -0.39 is 0 Å². The molecule has 6 nitrogen and oxygen atoms in total. The number of halogens is 2. The molecule has 0 aliphatic carbocycles. The van der Waals surface area contributed by atoms with Crippen LogP contribution in [-0.4, -0.2) is 46.3 Å². The van der Waals surface area contributed by atoms with E-state index in [1.165, 1.54) is 5.56 Å². The summed E-state index contributed by atoms with van der Waals surface area (Å²) in [5.41, 5.74) is 8.39. The Morgan fingerprint density at radius 3 is 2.56 bits per heavy atom. The summed E-state index contributed by atoms with van der Waals surface area (Å²) < 4.78 is 1.68. The molecule has 1 amide bonds. The van der Waals surface area contributed by atoms with Crippen LogP contribution in [-0.2, 0) is 11.8 Å². The smallest absolute Gasteiger partial charge is 0.239 e. The normalized spacial score (nSPS) is 19.8. The molecular weight excluding hydrogens is 361 g/mol. The van der Waals surface area contributed by atoms with E-state index >= 15 is 0 Å². The summed E-state index contributed by atoms with van der Waals surface area (Å²) in [5, 5.41) is 7.13. The Labute approximate surface area is 160 Å². The summed E-state index contributed by atoms with van der Waals surface area (Å²) in [7, 11) is 1.82. The Balaban J connectivity index is 0.00000156. The number of aromatic nitrogens is 2. The second kappa shape index (κ2) is 9.20. The quantitative estimate of drug-likeness (QED) is 0.842. The van der Waals surface area contributed by atoms with Gasteiger partial charge in [-0.1, -0.05) is 30.3 Å². The molecule has 0 bridgehead atoms. The van der Waals surface area contributed by atoms with E-state index in [2.05, 4.69) is 27.4 Å². The number of carbonyl (C=O) groups excluding carboxylic acids is 1. The fraction of sp³-hybridized carbons (Fsp3) is 0.412. The molecule has 3 rings (SSSR count). The van der Waals surface area contributed by atoms with Gasteiger partial charge in [0, 0.05) is 38.2 Å². The van der Waals surface area contributed by atoms with Crippen molar-refractivity contribution < 1.29 is 4.79 Å². The van der Waals surface area contributed by atoms with Crippen LogP contribution in [0.5, 0.6) is 0 Å². The van der Waals surface area contributed by atoms with Gasteiger partial charge in [-0.15, -0.1) is 24.8 Å².